The van der Waals surface area contributed by atoms with Crippen molar-refractivity contribution in [3.8, 4) is 0 Å². The molecule has 74 valence electrons. The molecule has 1 aromatic carbocycles. The highest BCUT2D eigenvalue weighted by Gasteiger charge is 2.08. The van der Waals surface area contributed by atoms with Gasteiger partial charge < -0.3 is 5.73 Å². The summed E-state index contributed by atoms with van der Waals surface area (Å²) in [6.45, 7) is 2.68. The number of fused-ring (bicyclic) bond motifs is 1. The van der Waals surface area contributed by atoms with Gasteiger partial charge in [0.1, 0.15) is 5.82 Å². The fourth-order valence-electron chi connectivity index (χ4n) is 1.70. The first-order valence-corrected chi connectivity index (χ1v) is 5.41. The molecule has 0 aliphatic rings. The Balaban J connectivity index is 2.66. The zero-order valence-electron chi connectivity index (χ0n) is 8.01. The molecule has 1 aromatic heterocycles. The number of nitrogens with two attached hydrogens (primary N) is 1. The van der Waals surface area contributed by atoms with E-state index in [9.17, 15) is 4.39 Å². The van der Waals surface area contributed by atoms with E-state index in [-0.39, 0.29) is 5.82 Å². The molecule has 14 heavy (non-hydrogen) atoms. The van der Waals surface area contributed by atoms with Crippen LogP contribution in [0, 0.1) is 12.7 Å². The summed E-state index contributed by atoms with van der Waals surface area (Å²) in [5.74, 6) is -0.173. The molecule has 0 aliphatic heterocycles. The molecule has 0 unspecified atom stereocenters. The summed E-state index contributed by atoms with van der Waals surface area (Å²) in [6.07, 6.45) is 0.829. The van der Waals surface area contributed by atoms with Crippen molar-refractivity contribution in [2.45, 2.75) is 13.3 Å². The fraction of sp³-hybridized carbons (Fsp3) is 0.273. The second kappa shape index (κ2) is 3.67. The molecule has 2 aromatic rings. The van der Waals surface area contributed by atoms with Gasteiger partial charge in [0.05, 0.1) is 0 Å². The summed E-state index contributed by atoms with van der Waals surface area (Å²) in [6, 6.07) is 4.94. The molecule has 0 amide bonds. The Bertz CT molecular complexity index is 462. The van der Waals surface area contributed by atoms with Crippen molar-refractivity contribution >= 4 is 21.4 Å². The lowest BCUT2D eigenvalue weighted by Gasteiger charge is -1.98. The standard InChI is InChI=1S/C11H12FNS/c1-7-9(4-5-13)10-6-8(12)2-3-11(10)14-7/h2-3,6H,4-5,13H2,1H3. The average Bonchev–Trinajstić information content (AvgIpc) is 2.45. The predicted octanol–water partition coefficient (Wildman–Crippen LogP) is 2.85. The third-order valence-corrected chi connectivity index (χ3v) is 3.48. The zero-order chi connectivity index (χ0) is 10.1. The number of halogens is 1. The number of benzene rings is 1. The molecule has 0 atom stereocenters. The maximum atomic E-state index is 13.0. The molecule has 1 nitrogen and oxygen atoms in total. The summed E-state index contributed by atoms with van der Waals surface area (Å²) in [7, 11) is 0. The van der Waals surface area contributed by atoms with Crippen LogP contribution in [-0.4, -0.2) is 6.54 Å². The van der Waals surface area contributed by atoms with Crippen molar-refractivity contribution in [2.24, 2.45) is 5.73 Å². The van der Waals surface area contributed by atoms with Gasteiger partial charge in [0, 0.05) is 9.58 Å². The summed E-state index contributed by atoms with van der Waals surface area (Å²) in [4.78, 5) is 1.25. The maximum Gasteiger partial charge on any atom is 0.123 e. The highest BCUT2D eigenvalue weighted by atomic mass is 32.1. The van der Waals surface area contributed by atoms with Gasteiger partial charge in [-0.1, -0.05) is 0 Å². The minimum atomic E-state index is -0.173. The van der Waals surface area contributed by atoms with Crippen molar-refractivity contribution < 1.29 is 4.39 Å². The van der Waals surface area contributed by atoms with Crippen LogP contribution in [0.15, 0.2) is 18.2 Å². The van der Waals surface area contributed by atoms with Gasteiger partial charge in [-0.2, -0.15) is 0 Å². The van der Waals surface area contributed by atoms with Gasteiger partial charge in [-0.3, -0.25) is 0 Å². The van der Waals surface area contributed by atoms with E-state index >= 15 is 0 Å². The number of aryl methyl sites for hydroxylation is 1. The van der Waals surface area contributed by atoms with Gasteiger partial charge in [-0.05, 0) is 49.0 Å². The highest BCUT2D eigenvalue weighted by molar-refractivity contribution is 7.19. The summed E-state index contributed by atoms with van der Waals surface area (Å²) < 4.78 is 14.2. The molecule has 2 rings (SSSR count). The molecule has 0 saturated carbocycles. The SMILES string of the molecule is Cc1sc2ccc(F)cc2c1CCN. The van der Waals surface area contributed by atoms with Gasteiger partial charge in [0.25, 0.3) is 0 Å². The van der Waals surface area contributed by atoms with Crippen molar-refractivity contribution in [1.82, 2.24) is 0 Å². The average molecular weight is 209 g/mol. The Morgan fingerprint density at radius 3 is 2.93 bits per heavy atom. The van der Waals surface area contributed by atoms with E-state index in [4.69, 9.17) is 5.73 Å². The van der Waals surface area contributed by atoms with E-state index in [2.05, 4.69) is 6.92 Å². The Morgan fingerprint density at radius 2 is 2.21 bits per heavy atom. The van der Waals surface area contributed by atoms with Crippen LogP contribution in [0.3, 0.4) is 0 Å². The maximum absolute atomic E-state index is 13.0. The smallest absolute Gasteiger partial charge is 0.123 e. The first-order valence-electron chi connectivity index (χ1n) is 4.60. The van der Waals surface area contributed by atoms with Gasteiger partial charge >= 0.3 is 0 Å². The molecule has 2 N–H and O–H groups in total. The van der Waals surface area contributed by atoms with Crippen molar-refractivity contribution in [2.75, 3.05) is 6.54 Å². The van der Waals surface area contributed by atoms with Crippen molar-refractivity contribution in [3.05, 3.63) is 34.5 Å². The number of hydrogen-bond acceptors (Lipinski definition) is 2. The Labute approximate surface area is 86.4 Å². The third kappa shape index (κ3) is 1.53. The molecule has 3 heteroatoms. The molecule has 1 heterocycles. The van der Waals surface area contributed by atoms with Crippen LogP contribution in [0.25, 0.3) is 10.1 Å². The van der Waals surface area contributed by atoms with Crippen molar-refractivity contribution in [1.29, 1.82) is 0 Å². The normalized spacial score (nSPS) is 11.1. The van der Waals surface area contributed by atoms with E-state index < -0.39 is 0 Å². The van der Waals surface area contributed by atoms with Crippen LogP contribution in [-0.2, 0) is 6.42 Å². The van der Waals surface area contributed by atoms with Crippen LogP contribution in [0.1, 0.15) is 10.4 Å². The largest absolute Gasteiger partial charge is 0.330 e. The Kier molecular flexibility index (Phi) is 2.52. The molecule has 0 saturated heterocycles. The molecule has 0 bridgehead atoms. The van der Waals surface area contributed by atoms with Gasteiger partial charge in [0.15, 0.2) is 0 Å². The molecular formula is C11H12FNS. The van der Waals surface area contributed by atoms with Crippen LogP contribution in [0.5, 0.6) is 0 Å². The lowest BCUT2D eigenvalue weighted by atomic mass is 10.1. The molecule has 0 fully saturated rings. The summed E-state index contributed by atoms with van der Waals surface area (Å²) in [5, 5.41) is 1.03. The third-order valence-electron chi connectivity index (χ3n) is 2.35. The number of hydrogen-bond donors (Lipinski definition) is 1. The Hall–Kier alpha value is -0.930. The minimum Gasteiger partial charge on any atom is -0.330 e. The first-order chi connectivity index (χ1) is 6.72. The second-order valence-electron chi connectivity index (χ2n) is 3.32. The quantitative estimate of drug-likeness (QED) is 0.808. The van der Waals surface area contributed by atoms with E-state index in [0.29, 0.717) is 6.54 Å². The number of thiophene rings is 1. The molecule has 0 radical (unpaired) electrons. The fourth-order valence-corrected chi connectivity index (χ4v) is 2.79. The van der Waals surface area contributed by atoms with E-state index in [1.807, 2.05) is 6.07 Å². The van der Waals surface area contributed by atoms with Crippen LogP contribution in [0.2, 0.25) is 0 Å². The van der Waals surface area contributed by atoms with Crippen LogP contribution < -0.4 is 5.73 Å². The highest BCUT2D eigenvalue weighted by Crippen LogP contribution is 2.31. The van der Waals surface area contributed by atoms with Crippen LogP contribution >= 0.6 is 11.3 Å². The lowest BCUT2D eigenvalue weighted by molar-refractivity contribution is 0.629. The lowest BCUT2D eigenvalue weighted by Crippen LogP contribution is -2.02. The Morgan fingerprint density at radius 1 is 1.43 bits per heavy atom. The topological polar surface area (TPSA) is 26.0 Å². The van der Waals surface area contributed by atoms with E-state index in [0.717, 1.165) is 16.5 Å². The monoisotopic (exact) mass is 209 g/mol. The second-order valence-corrected chi connectivity index (χ2v) is 4.57. The molecular weight excluding hydrogens is 197 g/mol. The molecule has 0 spiro atoms. The van der Waals surface area contributed by atoms with E-state index in [1.165, 1.54) is 16.5 Å². The van der Waals surface area contributed by atoms with Gasteiger partial charge in [-0.15, -0.1) is 11.3 Å². The van der Waals surface area contributed by atoms with Crippen LogP contribution in [0.4, 0.5) is 4.39 Å². The summed E-state index contributed by atoms with van der Waals surface area (Å²) >= 11 is 1.71. The minimum absolute atomic E-state index is 0.173. The zero-order valence-corrected chi connectivity index (χ0v) is 8.83. The van der Waals surface area contributed by atoms with Gasteiger partial charge in [-0.25, -0.2) is 4.39 Å². The van der Waals surface area contributed by atoms with Gasteiger partial charge in [0.2, 0.25) is 0 Å². The number of rotatable bonds is 2. The first kappa shape index (κ1) is 9.62. The predicted molar refractivity (Wildman–Crippen MR) is 59.3 cm³/mol. The van der Waals surface area contributed by atoms with E-state index in [1.54, 1.807) is 17.4 Å². The molecule has 0 aliphatic carbocycles. The van der Waals surface area contributed by atoms with Crippen molar-refractivity contribution in [3.63, 3.8) is 0 Å². The summed E-state index contributed by atoms with van der Waals surface area (Å²) in [5.41, 5.74) is 6.73.